The van der Waals surface area contributed by atoms with Gasteiger partial charge in [0, 0.05) is 6.61 Å². The molecule has 1 saturated heterocycles. The molecule has 2 rings (SSSR count). The highest BCUT2D eigenvalue weighted by Gasteiger charge is 2.39. The van der Waals surface area contributed by atoms with Gasteiger partial charge in [0.15, 0.2) is 8.32 Å². The number of benzene rings is 1. The van der Waals surface area contributed by atoms with Crippen molar-refractivity contribution >= 4 is 18.3 Å². The number of hydrogen-bond donors (Lipinski definition) is 1. The molecular formula is C19H33NO4SSi. The SMILES string of the molecule is Cc1ccc(S(=O)(=O)N[C@@H](CO[Si](C)(C)C(C)(C)C)[C@@H]2CCCO2)cc1. The van der Waals surface area contributed by atoms with Gasteiger partial charge in [-0.05, 0) is 50.0 Å². The Morgan fingerprint density at radius 2 is 1.88 bits per heavy atom. The van der Waals surface area contributed by atoms with Gasteiger partial charge in [-0.25, -0.2) is 13.1 Å². The monoisotopic (exact) mass is 399 g/mol. The molecule has 26 heavy (non-hydrogen) atoms. The Hall–Kier alpha value is -0.733. The van der Waals surface area contributed by atoms with E-state index in [-0.39, 0.29) is 22.1 Å². The summed E-state index contributed by atoms with van der Waals surface area (Å²) in [4.78, 5) is 0.276. The first-order chi connectivity index (χ1) is 11.9. The lowest BCUT2D eigenvalue weighted by Crippen LogP contribution is -2.50. The van der Waals surface area contributed by atoms with Gasteiger partial charge in [-0.1, -0.05) is 38.5 Å². The second kappa shape index (κ2) is 8.10. The summed E-state index contributed by atoms with van der Waals surface area (Å²) in [5.74, 6) is 0. The zero-order valence-corrected chi connectivity index (χ0v) is 18.7. The van der Waals surface area contributed by atoms with Gasteiger partial charge >= 0.3 is 0 Å². The Morgan fingerprint density at radius 1 is 1.27 bits per heavy atom. The number of aryl methyl sites for hydroxylation is 1. The number of nitrogens with one attached hydrogen (secondary N) is 1. The quantitative estimate of drug-likeness (QED) is 0.708. The van der Waals surface area contributed by atoms with Crippen molar-refractivity contribution in [2.45, 2.75) is 75.7 Å². The van der Waals surface area contributed by atoms with Crippen LogP contribution in [0.4, 0.5) is 0 Å². The minimum Gasteiger partial charge on any atom is -0.415 e. The normalized spacial score (nSPS) is 20.3. The van der Waals surface area contributed by atoms with E-state index in [4.69, 9.17) is 9.16 Å². The van der Waals surface area contributed by atoms with Crippen molar-refractivity contribution in [3.05, 3.63) is 29.8 Å². The van der Waals surface area contributed by atoms with Gasteiger partial charge < -0.3 is 9.16 Å². The topological polar surface area (TPSA) is 64.6 Å². The fourth-order valence-electron chi connectivity index (χ4n) is 2.64. The highest BCUT2D eigenvalue weighted by Crippen LogP contribution is 2.36. The molecule has 0 aromatic heterocycles. The maximum Gasteiger partial charge on any atom is 0.240 e. The van der Waals surface area contributed by atoms with E-state index in [2.05, 4.69) is 38.6 Å². The maximum atomic E-state index is 12.8. The lowest BCUT2D eigenvalue weighted by molar-refractivity contribution is 0.0655. The van der Waals surface area contributed by atoms with Crippen molar-refractivity contribution in [3.8, 4) is 0 Å². The van der Waals surface area contributed by atoms with Crippen molar-refractivity contribution in [3.63, 3.8) is 0 Å². The first-order valence-corrected chi connectivity index (χ1v) is 13.7. The van der Waals surface area contributed by atoms with E-state index in [0.717, 1.165) is 18.4 Å². The molecule has 1 aromatic carbocycles. The summed E-state index contributed by atoms with van der Waals surface area (Å²) in [5.41, 5.74) is 1.03. The van der Waals surface area contributed by atoms with E-state index >= 15 is 0 Å². The summed E-state index contributed by atoms with van der Waals surface area (Å²) in [5, 5.41) is 0.0733. The molecule has 1 aromatic rings. The molecule has 0 spiro atoms. The second-order valence-electron chi connectivity index (χ2n) is 8.66. The van der Waals surface area contributed by atoms with Crippen LogP contribution in [0.15, 0.2) is 29.2 Å². The van der Waals surface area contributed by atoms with Crippen molar-refractivity contribution < 1.29 is 17.6 Å². The fraction of sp³-hybridized carbons (Fsp3) is 0.684. The summed E-state index contributed by atoms with van der Waals surface area (Å²) in [6.45, 7) is 13.8. The zero-order valence-electron chi connectivity index (χ0n) is 16.8. The molecule has 0 unspecified atom stereocenters. The van der Waals surface area contributed by atoms with Crippen LogP contribution in [0.3, 0.4) is 0 Å². The van der Waals surface area contributed by atoms with Crippen LogP contribution in [-0.2, 0) is 19.2 Å². The fourth-order valence-corrected chi connectivity index (χ4v) is 4.91. The first kappa shape index (κ1) is 21.6. The zero-order chi connectivity index (χ0) is 19.6. The van der Waals surface area contributed by atoms with Gasteiger partial charge in [0.05, 0.1) is 23.6 Å². The van der Waals surface area contributed by atoms with Crippen LogP contribution in [-0.4, -0.2) is 42.1 Å². The predicted octanol–water partition coefficient (Wildman–Crippen LogP) is 3.84. The third-order valence-electron chi connectivity index (χ3n) is 5.48. The molecule has 148 valence electrons. The van der Waals surface area contributed by atoms with Gasteiger partial charge in [-0.3, -0.25) is 0 Å². The molecule has 1 aliphatic heterocycles. The van der Waals surface area contributed by atoms with Crippen LogP contribution in [0.5, 0.6) is 0 Å². The number of ether oxygens (including phenoxy) is 1. The Balaban J connectivity index is 2.16. The van der Waals surface area contributed by atoms with Crippen molar-refractivity contribution in [2.75, 3.05) is 13.2 Å². The third kappa shape index (κ3) is 5.39. The van der Waals surface area contributed by atoms with Gasteiger partial charge in [-0.15, -0.1) is 0 Å². The van der Waals surface area contributed by atoms with E-state index in [1.165, 1.54) is 0 Å². The Labute approximate surface area is 159 Å². The molecule has 0 saturated carbocycles. The lowest BCUT2D eigenvalue weighted by atomic mass is 10.1. The number of rotatable bonds is 7. The van der Waals surface area contributed by atoms with Crippen LogP contribution in [0, 0.1) is 6.92 Å². The summed E-state index contributed by atoms with van der Waals surface area (Å²) in [6, 6.07) is 6.51. The van der Waals surface area contributed by atoms with Gasteiger partial charge in [0.1, 0.15) is 0 Å². The minimum atomic E-state index is -3.61. The minimum absolute atomic E-state index is 0.0733. The smallest absolute Gasteiger partial charge is 0.240 e. The molecule has 0 amide bonds. The first-order valence-electron chi connectivity index (χ1n) is 9.27. The van der Waals surface area contributed by atoms with E-state index in [9.17, 15) is 8.42 Å². The number of sulfonamides is 1. The highest BCUT2D eigenvalue weighted by atomic mass is 32.2. The van der Waals surface area contributed by atoms with Crippen molar-refractivity contribution in [1.29, 1.82) is 0 Å². The molecule has 5 nitrogen and oxygen atoms in total. The van der Waals surface area contributed by atoms with Gasteiger partial charge in [0.2, 0.25) is 10.0 Å². The Kier molecular flexibility index (Phi) is 6.72. The second-order valence-corrected chi connectivity index (χ2v) is 15.2. The molecule has 7 heteroatoms. The van der Waals surface area contributed by atoms with Gasteiger partial charge in [0.25, 0.3) is 0 Å². The van der Waals surface area contributed by atoms with Crippen molar-refractivity contribution in [1.82, 2.24) is 4.72 Å². The molecule has 0 aliphatic carbocycles. The van der Waals surface area contributed by atoms with E-state index in [1.54, 1.807) is 12.1 Å². The largest absolute Gasteiger partial charge is 0.415 e. The van der Waals surface area contributed by atoms with Crippen LogP contribution in [0.1, 0.15) is 39.2 Å². The molecule has 1 fully saturated rings. The average Bonchev–Trinajstić information content (AvgIpc) is 3.05. The van der Waals surface area contributed by atoms with Gasteiger partial charge in [-0.2, -0.15) is 0 Å². The molecular weight excluding hydrogens is 366 g/mol. The van der Waals surface area contributed by atoms with E-state index < -0.39 is 18.3 Å². The van der Waals surface area contributed by atoms with E-state index in [1.807, 2.05) is 19.1 Å². The maximum absolute atomic E-state index is 12.8. The molecule has 2 atom stereocenters. The Bertz CT molecular complexity index is 689. The van der Waals surface area contributed by atoms with Crippen LogP contribution in [0.25, 0.3) is 0 Å². The average molecular weight is 400 g/mol. The highest BCUT2D eigenvalue weighted by molar-refractivity contribution is 7.89. The predicted molar refractivity (Wildman–Crippen MR) is 107 cm³/mol. The lowest BCUT2D eigenvalue weighted by Gasteiger charge is -2.38. The summed E-state index contributed by atoms with van der Waals surface area (Å²) >= 11 is 0. The van der Waals surface area contributed by atoms with Crippen LogP contribution >= 0.6 is 0 Å². The Morgan fingerprint density at radius 3 is 2.38 bits per heavy atom. The molecule has 1 aliphatic rings. The van der Waals surface area contributed by atoms with Crippen LogP contribution < -0.4 is 4.72 Å². The summed E-state index contributed by atoms with van der Waals surface area (Å²) in [7, 11) is -5.58. The molecule has 0 bridgehead atoms. The van der Waals surface area contributed by atoms with Crippen LogP contribution in [0.2, 0.25) is 18.1 Å². The number of hydrogen-bond acceptors (Lipinski definition) is 4. The molecule has 1 heterocycles. The van der Waals surface area contributed by atoms with Crippen molar-refractivity contribution in [2.24, 2.45) is 0 Å². The third-order valence-corrected chi connectivity index (χ3v) is 11.5. The van der Waals surface area contributed by atoms with E-state index in [0.29, 0.717) is 13.2 Å². The standard InChI is InChI=1S/C19H33NO4SSi/c1-15-9-11-16(12-10-15)25(21,22)20-17(18-8-7-13-23-18)14-24-26(5,6)19(2,3)4/h9-12,17-18,20H,7-8,13-14H2,1-6H3/t17-,18-/m0/s1. The molecule has 0 radical (unpaired) electrons. The summed E-state index contributed by atoms with van der Waals surface area (Å²) in [6.07, 6.45) is 1.66. The molecule has 1 N–H and O–H groups in total. The summed E-state index contributed by atoms with van der Waals surface area (Å²) < 4.78 is 40.6.